The van der Waals surface area contributed by atoms with Gasteiger partial charge < -0.3 is 10.4 Å². The van der Waals surface area contributed by atoms with Crippen LogP contribution < -0.4 is 5.32 Å². The number of rotatable bonds is 5. The number of nitrogens with one attached hydrogen (secondary N) is 1. The molecule has 0 amide bonds. The van der Waals surface area contributed by atoms with Crippen LogP contribution in [0.1, 0.15) is 20.3 Å². The van der Waals surface area contributed by atoms with E-state index in [0.717, 1.165) is 6.42 Å². The van der Waals surface area contributed by atoms with Crippen LogP contribution in [-0.2, 0) is 0 Å². The summed E-state index contributed by atoms with van der Waals surface area (Å²) in [5.74, 6) is 0.0485. The molecule has 0 radical (unpaired) electrons. The van der Waals surface area contributed by atoms with Gasteiger partial charge in [0.05, 0.1) is 13.2 Å². The van der Waals surface area contributed by atoms with Gasteiger partial charge in [-0.25, -0.2) is 0 Å². The first-order chi connectivity index (χ1) is 5.90. The number of hydrogen-bond acceptors (Lipinski definition) is 2. The van der Waals surface area contributed by atoms with Gasteiger partial charge in [0, 0.05) is 6.04 Å². The van der Waals surface area contributed by atoms with E-state index in [2.05, 4.69) is 5.32 Å². The van der Waals surface area contributed by atoms with Crippen molar-refractivity contribution in [1.29, 1.82) is 0 Å². The second-order valence-corrected chi connectivity index (χ2v) is 3.17. The number of hydrogen-bond donors (Lipinski definition) is 2. The first-order valence-electron chi connectivity index (χ1n) is 4.31. The molecule has 0 saturated heterocycles. The van der Waals surface area contributed by atoms with E-state index in [1.807, 2.05) is 13.8 Å². The highest BCUT2D eigenvalue weighted by atomic mass is 19.4. The van der Waals surface area contributed by atoms with Crippen LogP contribution in [0.15, 0.2) is 0 Å². The molecule has 2 atom stereocenters. The zero-order valence-corrected chi connectivity index (χ0v) is 7.86. The summed E-state index contributed by atoms with van der Waals surface area (Å²) in [6.07, 6.45) is -3.46. The van der Waals surface area contributed by atoms with Crippen LogP contribution in [0.25, 0.3) is 0 Å². The lowest BCUT2D eigenvalue weighted by molar-refractivity contribution is -0.127. The van der Waals surface area contributed by atoms with E-state index in [4.69, 9.17) is 5.11 Å². The third-order valence-corrected chi connectivity index (χ3v) is 2.09. The van der Waals surface area contributed by atoms with Crippen molar-refractivity contribution in [3.05, 3.63) is 0 Å². The van der Waals surface area contributed by atoms with Crippen LogP contribution in [0, 0.1) is 5.92 Å². The maximum absolute atomic E-state index is 11.8. The summed E-state index contributed by atoms with van der Waals surface area (Å²) >= 11 is 0. The molecule has 80 valence electrons. The Morgan fingerprint density at radius 3 is 2.23 bits per heavy atom. The van der Waals surface area contributed by atoms with E-state index in [1.165, 1.54) is 0 Å². The molecule has 0 bridgehead atoms. The summed E-state index contributed by atoms with van der Waals surface area (Å²) in [7, 11) is 0. The van der Waals surface area contributed by atoms with Gasteiger partial charge in [-0.3, -0.25) is 0 Å². The Morgan fingerprint density at radius 1 is 1.38 bits per heavy atom. The van der Waals surface area contributed by atoms with E-state index < -0.39 is 18.8 Å². The molecule has 0 aromatic heterocycles. The van der Waals surface area contributed by atoms with E-state index in [-0.39, 0.29) is 12.5 Å². The lowest BCUT2D eigenvalue weighted by Gasteiger charge is -2.22. The molecule has 0 rings (SSSR count). The summed E-state index contributed by atoms with van der Waals surface area (Å²) in [4.78, 5) is 0. The van der Waals surface area contributed by atoms with Gasteiger partial charge >= 0.3 is 6.18 Å². The fourth-order valence-corrected chi connectivity index (χ4v) is 0.977. The molecule has 2 N–H and O–H groups in total. The van der Waals surface area contributed by atoms with Gasteiger partial charge in [0.15, 0.2) is 0 Å². The van der Waals surface area contributed by atoms with Gasteiger partial charge in [-0.05, 0) is 5.92 Å². The highest BCUT2D eigenvalue weighted by molar-refractivity contribution is 4.72. The maximum Gasteiger partial charge on any atom is 0.401 e. The first-order valence-corrected chi connectivity index (χ1v) is 4.31. The first kappa shape index (κ1) is 12.7. The Morgan fingerprint density at radius 2 is 1.92 bits per heavy atom. The minimum atomic E-state index is -4.21. The zero-order valence-electron chi connectivity index (χ0n) is 7.86. The molecule has 2 unspecified atom stereocenters. The van der Waals surface area contributed by atoms with E-state index >= 15 is 0 Å². The van der Waals surface area contributed by atoms with Crippen molar-refractivity contribution in [2.45, 2.75) is 32.5 Å². The van der Waals surface area contributed by atoms with Gasteiger partial charge in [-0.15, -0.1) is 0 Å². The van der Waals surface area contributed by atoms with E-state index in [0.29, 0.717) is 0 Å². The van der Waals surface area contributed by atoms with Crippen molar-refractivity contribution in [3.63, 3.8) is 0 Å². The third kappa shape index (κ3) is 5.87. The topological polar surface area (TPSA) is 32.3 Å². The predicted molar refractivity (Wildman–Crippen MR) is 44.4 cm³/mol. The average molecular weight is 199 g/mol. The monoisotopic (exact) mass is 199 g/mol. The SMILES string of the molecule is CCC(C)C(CO)NCC(F)(F)F. The second kappa shape index (κ2) is 5.44. The molecule has 0 aliphatic rings. The van der Waals surface area contributed by atoms with Crippen LogP contribution in [0.5, 0.6) is 0 Å². The highest BCUT2D eigenvalue weighted by Gasteiger charge is 2.28. The standard InChI is InChI=1S/C8H16F3NO/c1-3-6(2)7(4-13)12-5-8(9,10)11/h6-7,12-13H,3-5H2,1-2H3. The molecular weight excluding hydrogens is 183 g/mol. The van der Waals surface area contributed by atoms with Crippen LogP contribution in [0.3, 0.4) is 0 Å². The summed E-state index contributed by atoms with van der Waals surface area (Å²) in [6, 6.07) is -0.466. The van der Waals surface area contributed by atoms with Crippen molar-refractivity contribution in [1.82, 2.24) is 5.32 Å². The van der Waals surface area contributed by atoms with Gasteiger partial charge in [0.1, 0.15) is 0 Å². The Bertz CT molecular complexity index is 138. The van der Waals surface area contributed by atoms with Crippen molar-refractivity contribution >= 4 is 0 Å². The van der Waals surface area contributed by atoms with Crippen LogP contribution in [0.4, 0.5) is 13.2 Å². The smallest absolute Gasteiger partial charge is 0.395 e. The van der Waals surface area contributed by atoms with Crippen LogP contribution in [-0.4, -0.2) is 30.5 Å². The largest absolute Gasteiger partial charge is 0.401 e. The van der Waals surface area contributed by atoms with Crippen molar-refractivity contribution in [2.75, 3.05) is 13.2 Å². The molecule has 5 heteroatoms. The molecule has 2 nitrogen and oxygen atoms in total. The molecule has 0 aromatic rings. The molecule has 0 spiro atoms. The Hall–Kier alpha value is -0.290. The van der Waals surface area contributed by atoms with E-state index in [1.54, 1.807) is 0 Å². The number of alkyl halides is 3. The summed E-state index contributed by atoms with van der Waals surface area (Å²) in [6.45, 7) is 2.39. The minimum absolute atomic E-state index is 0.0485. The van der Waals surface area contributed by atoms with Gasteiger partial charge in [0.2, 0.25) is 0 Å². The van der Waals surface area contributed by atoms with Gasteiger partial charge in [0.25, 0.3) is 0 Å². The normalized spacial score (nSPS) is 17.1. The lowest BCUT2D eigenvalue weighted by atomic mass is 10.00. The van der Waals surface area contributed by atoms with Gasteiger partial charge in [-0.1, -0.05) is 20.3 Å². The number of halogens is 3. The van der Waals surface area contributed by atoms with Gasteiger partial charge in [-0.2, -0.15) is 13.2 Å². The summed E-state index contributed by atoms with van der Waals surface area (Å²) in [5.41, 5.74) is 0. The Balaban J connectivity index is 3.85. The number of aliphatic hydroxyl groups is 1. The minimum Gasteiger partial charge on any atom is -0.395 e. The summed E-state index contributed by atoms with van der Waals surface area (Å²) < 4.78 is 35.3. The molecule has 0 heterocycles. The van der Waals surface area contributed by atoms with Crippen LogP contribution >= 0.6 is 0 Å². The molecular formula is C8H16F3NO. The average Bonchev–Trinajstić information content (AvgIpc) is 2.03. The fourth-order valence-electron chi connectivity index (χ4n) is 0.977. The predicted octanol–water partition coefficient (Wildman–Crippen LogP) is 1.55. The molecule has 13 heavy (non-hydrogen) atoms. The third-order valence-electron chi connectivity index (χ3n) is 2.09. The summed E-state index contributed by atoms with van der Waals surface area (Å²) in [5, 5.41) is 11.1. The quantitative estimate of drug-likeness (QED) is 0.704. The molecule has 0 aromatic carbocycles. The second-order valence-electron chi connectivity index (χ2n) is 3.17. The fraction of sp³-hybridized carbons (Fsp3) is 1.00. The molecule has 0 aliphatic carbocycles. The highest BCUT2D eigenvalue weighted by Crippen LogP contribution is 2.14. The molecule has 0 fully saturated rings. The van der Waals surface area contributed by atoms with Crippen molar-refractivity contribution in [2.24, 2.45) is 5.92 Å². The zero-order chi connectivity index (χ0) is 10.5. The molecule has 0 saturated carbocycles. The van der Waals surface area contributed by atoms with Crippen LogP contribution in [0.2, 0.25) is 0 Å². The number of aliphatic hydroxyl groups excluding tert-OH is 1. The van der Waals surface area contributed by atoms with Crippen molar-refractivity contribution in [3.8, 4) is 0 Å². The Kier molecular flexibility index (Phi) is 5.32. The molecule has 0 aliphatic heterocycles. The lowest BCUT2D eigenvalue weighted by Crippen LogP contribution is -2.42. The maximum atomic E-state index is 11.8. The van der Waals surface area contributed by atoms with Crippen molar-refractivity contribution < 1.29 is 18.3 Å². The van der Waals surface area contributed by atoms with E-state index in [9.17, 15) is 13.2 Å². The Labute approximate surface area is 76.1 Å².